The van der Waals surface area contributed by atoms with Crippen molar-refractivity contribution in [2.75, 3.05) is 5.32 Å². The number of anilines is 1. The van der Waals surface area contributed by atoms with Gasteiger partial charge < -0.3 is 10.7 Å². The standard InChI is InChI=1S/C13H16BN3O.C11H16/c1-7-5-11(12(8(2)14)9(3)15)6-16-13(7)17-10(4)18;1-3-10(2)9-11-7-5-4-6-8-11/h5-6,15H,1-4H3,(H,16,17,18);4-8,10H,3,9H2,1-2H3/b12-8+,15-9?;. The summed E-state index contributed by atoms with van der Waals surface area (Å²) < 4.78 is 0. The van der Waals surface area contributed by atoms with Crippen LogP contribution in [-0.2, 0) is 11.2 Å². The van der Waals surface area contributed by atoms with Gasteiger partial charge >= 0.3 is 0 Å². The molecule has 1 atom stereocenters. The molecule has 4 nitrogen and oxygen atoms in total. The van der Waals surface area contributed by atoms with Crippen LogP contribution >= 0.6 is 0 Å². The van der Waals surface area contributed by atoms with Crippen molar-refractivity contribution in [2.45, 2.75) is 54.4 Å². The Morgan fingerprint density at radius 3 is 2.28 bits per heavy atom. The lowest BCUT2D eigenvalue weighted by atomic mass is 9.86. The molecule has 29 heavy (non-hydrogen) atoms. The van der Waals surface area contributed by atoms with E-state index < -0.39 is 0 Å². The summed E-state index contributed by atoms with van der Waals surface area (Å²) in [7, 11) is 5.78. The Hall–Kier alpha value is -2.69. The van der Waals surface area contributed by atoms with Crippen LogP contribution < -0.4 is 5.32 Å². The molecule has 1 aromatic carbocycles. The van der Waals surface area contributed by atoms with Crippen molar-refractivity contribution in [1.29, 1.82) is 5.41 Å². The maximum Gasteiger partial charge on any atom is 0.222 e. The molecule has 5 heteroatoms. The SMILES string of the molecule is CCC(C)Cc1ccccc1.[B]/C(C)=C(\C(C)=N)c1cnc(NC(C)=O)c(C)c1. The van der Waals surface area contributed by atoms with E-state index in [9.17, 15) is 4.79 Å². The van der Waals surface area contributed by atoms with E-state index in [0.717, 1.165) is 17.0 Å². The molecule has 0 saturated carbocycles. The average molecular weight is 389 g/mol. The normalized spacial score (nSPS) is 12.2. The highest BCUT2D eigenvalue weighted by molar-refractivity contribution is 6.35. The number of nitrogens with zero attached hydrogens (tertiary/aromatic N) is 1. The Morgan fingerprint density at radius 2 is 1.83 bits per heavy atom. The fourth-order valence-electron chi connectivity index (χ4n) is 2.91. The summed E-state index contributed by atoms with van der Waals surface area (Å²) in [6.07, 6.45) is 4.11. The number of hydrogen-bond acceptors (Lipinski definition) is 3. The second kappa shape index (κ2) is 12.0. The predicted molar refractivity (Wildman–Crippen MR) is 125 cm³/mol. The molecular weight excluding hydrogens is 357 g/mol. The summed E-state index contributed by atoms with van der Waals surface area (Å²) in [5.74, 6) is 1.19. The van der Waals surface area contributed by atoms with Gasteiger partial charge in [0.2, 0.25) is 5.91 Å². The molecule has 0 aliphatic heterocycles. The van der Waals surface area contributed by atoms with Crippen LogP contribution in [0, 0.1) is 18.3 Å². The van der Waals surface area contributed by atoms with Gasteiger partial charge in [-0.3, -0.25) is 4.79 Å². The van der Waals surface area contributed by atoms with Crippen molar-refractivity contribution in [3.8, 4) is 0 Å². The van der Waals surface area contributed by atoms with Crippen LogP contribution in [0.2, 0.25) is 0 Å². The summed E-state index contributed by atoms with van der Waals surface area (Å²) in [5.41, 5.74) is 4.73. The minimum atomic E-state index is -0.160. The van der Waals surface area contributed by atoms with Gasteiger partial charge in [-0.15, -0.1) is 5.47 Å². The molecule has 1 aromatic heterocycles. The first-order chi connectivity index (χ1) is 13.6. The van der Waals surface area contributed by atoms with Crippen molar-refractivity contribution < 1.29 is 4.79 Å². The van der Waals surface area contributed by atoms with Crippen molar-refractivity contribution in [1.82, 2.24) is 4.98 Å². The van der Waals surface area contributed by atoms with Crippen LogP contribution in [0.15, 0.2) is 48.1 Å². The minimum Gasteiger partial charge on any atom is -0.311 e. The molecule has 1 amide bonds. The number of nitrogens with one attached hydrogen (secondary N) is 2. The summed E-state index contributed by atoms with van der Waals surface area (Å²) >= 11 is 0. The lowest BCUT2D eigenvalue weighted by molar-refractivity contribution is -0.114. The third kappa shape index (κ3) is 8.47. The highest BCUT2D eigenvalue weighted by Crippen LogP contribution is 2.22. The number of aryl methyl sites for hydroxylation is 1. The number of allylic oxidation sites excluding steroid dienone is 2. The van der Waals surface area contributed by atoms with Gasteiger partial charge in [-0.25, -0.2) is 4.98 Å². The van der Waals surface area contributed by atoms with Crippen molar-refractivity contribution in [3.63, 3.8) is 0 Å². The van der Waals surface area contributed by atoms with E-state index in [-0.39, 0.29) is 5.91 Å². The molecule has 0 spiro atoms. The van der Waals surface area contributed by atoms with E-state index >= 15 is 0 Å². The van der Waals surface area contributed by atoms with Crippen LogP contribution in [0.25, 0.3) is 5.57 Å². The fraction of sp³-hybridized carbons (Fsp3) is 0.375. The molecule has 2 radical (unpaired) electrons. The minimum absolute atomic E-state index is 0.160. The molecule has 0 aliphatic rings. The molecular formula is C24H32BN3O. The second-order valence-corrected chi connectivity index (χ2v) is 7.46. The first-order valence-corrected chi connectivity index (χ1v) is 9.96. The highest BCUT2D eigenvalue weighted by atomic mass is 16.1. The van der Waals surface area contributed by atoms with Gasteiger partial charge in [0.25, 0.3) is 0 Å². The maximum atomic E-state index is 11.0. The van der Waals surface area contributed by atoms with Gasteiger partial charge in [0.1, 0.15) is 13.7 Å². The molecule has 2 rings (SSSR count). The summed E-state index contributed by atoms with van der Waals surface area (Å²) in [6, 6.07) is 12.6. The average Bonchev–Trinajstić information content (AvgIpc) is 2.64. The van der Waals surface area contributed by atoms with Gasteiger partial charge in [0, 0.05) is 24.4 Å². The first-order valence-electron chi connectivity index (χ1n) is 9.96. The number of pyridine rings is 1. The molecule has 152 valence electrons. The summed E-state index contributed by atoms with van der Waals surface area (Å²) in [6.45, 7) is 11.3. The number of rotatable bonds is 6. The largest absolute Gasteiger partial charge is 0.311 e. The van der Waals surface area contributed by atoms with Crippen molar-refractivity contribution in [3.05, 3.63) is 64.8 Å². The third-order valence-corrected chi connectivity index (χ3v) is 4.55. The number of aromatic nitrogens is 1. The number of carbonyl (C=O) groups excluding carboxylic acids is 1. The fourth-order valence-corrected chi connectivity index (χ4v) is 2.91. The van der Waals surface area contributed by atoms with Gasteiger partial charge in [0.15, 0.2) is 0 Å². The van der Waals surface area contributed by atoms with Gasteiger partial charge in [0.05, 0.1) is 0 Å². The third-order valence-electron chi connectivity index (χ3n) is 4.55. The zero-order valence-electron chi connectivity index (χ0n) is 18.5. The Bertz CT molecular complexity index is 856. The zero-order chi connectivity index (χ0) is 22.0. The van der Waals surface area contributed by atoms with Crippen LogP contribution in [0.1, 0.15) is 57.7 Å². The molecule has 2 aromatic rings. The summed E-state index contributed by atoms with van der Waals surface area (Å²) in [5, 5.41) is 10.4. The van der Waals surface area contributed by atoms with Crippen LogP contribution in [-0.4, -0.2) is 24.4 Å². The molecule has 1 heterocycles. The monoisotopic (exact) mass is 389 g/mol. The van der Waals surface area contributed by atoms with E-state index in [1.165, 1.54) is 25.3 Å². The van der Waals surface area contributed by atoms with E-state index in [0.29, 0.717) is 22.6 Å². The van der Waals surface area contributed by atoms with Crippen LogP contribution in [0.3, 0.4) is 0 Å². The quantitative estimate of drug-likeness (QED) is 0.502. The van der Waals surface area contributed by atoms with Crippen LogP contribution in [0.4, 0.5) is 5.82 Å². The van der Waals surface area contributed by atoms with Crippen molar-refractivity contribution >= 4 is 30.9 Å². The maximum absolute atomic E-state index is 11.0. The Morgan fingerprint density at radius 1 is 1.21 bits per heavy atom. The second-order valence-electron chi connectivity index (χ2n) is 7.46. The number of benzene rings is 1. The van der Waals surface area contributed by atoms with E-state index in [1.54, 1.807) is 20.0 Å². The van der Waals surface area contributed by atoms with E-state index in [1.807, 2.05) is 13.0 Å². The van der Waals surface area contributed by atoms with Gasteiger partial charge in [-0.1, -0.05) is 57.5 Å². The Kier molecular flexibility index (Phi) is 10.1. The Balaban J connectivity index is 0.000000326. The zero-order valence-corrected chi connectivity index (χ0v) is 18.5. The lowest BCUT2D eigenvalue weighted by Crippen LogP contribution is -2.09. The number of hydrogen-bond donors (Lipinski definition) is 2. The number of amides is 1. The summed E-state index contributed by atoms with van der Waals surface area (Å²) in [4.78, 5) is 15.2. The Labute approximate surface area is 176 Å². The molecule has 0 aliphatic carbocycles. The first kappa shape index (κ1) is 24.4. The molecule has 1 unspecified atom stereocenters. The molecule has 0 saturated heterocycles. The van der Waals surface area contributed by atoms with E-state index in [2.05, 4.69) is 54.5 Å². The smallest absolute Gasteiger partial charge is 0.222 e. The molecule has 2 N–H and O–H groups in total. The van der Waals surface area contributed by atoms with Crippen LogP contribution in [0.5, 0.6) is 0 Å². The number of carbonyl (C=O) groups is 1. The van der Waals surface area contributed by atoms with Gasteiger partial charge in [-0.2, -0.15) is 0 Å². The topological polar surface area (TPSA) is 65.8 Å². The molecule has 0 fully saturated rings. The van der Waals surface area contributed by atoms with Crippen molar-refractivity contribution in [2.24, 2.45) is 5.92 Å². The lowest BCUT2D eigenvalue weighted by Gasteiger charge is -2.12. The van der Waals surface area contributed by atoms with Gasteiger partial charge in [-0.05, 0) is 49.0 Å². The van der Waals surface area contributed by atoms with E-state index in [4.69, 9.17) is 13.3 Å². The molecule has 0 bridgehead atoms. The predicted octanol–water partition coefficient (Wildman–Crippen LogP) is 5.56. The highest BCUT2D eigenvalue weighted by Gasteiger charge is 2.09.